The number of hydrogen-bond acceptors (Lipinski definition) is 6. The first-order chi connectivity index (χ1) is 15.5. The van der Waals surface area contributed by atoms with Crippen LogP contribution in [0.3, 0.4) is 0 Å². The molecule has 1 unspecified atom stereocenters. The number of thiazole rings is 1. The largest absolute Gasteiger partial charge is 0.459 e. The molecule has 0 aliphatic carbocycles. The highest BCUT2D eigenvalue weighted by molar-refractivity contribution is 8.00. The molecule has 0 spiro atoms. The maximum absolute atomic E-state index is 12.7. The van der Waals surface area contributed by atoms with Crippen LogP contribution in [0.1, 0.15) is 22.4 Å². The van der Waals surface area contributed by atoms with Crippen LogP contribution in [0.2, 0.25) is 0 Å². The molecular formula is C24H21N3O3S2. The van der Waals surface area contributed by atoms with Gasteiger partial charge in [-0.1, -0.05) is 30.3 Å². The van der Waals surface area contributed by atoms with Gasteiger partial charge in [0.25, 0.3) is 5.91 Å². The summed E-state index contributed by atoms with van der Waals surface area (Å²) in [4.78, 5) is 31.3. The van der Waals surface area contributed by atoms with Gasteiger partial charge < -0.3 is 15.1 Å². The number of nitrogens with one attached hydrogen (secondary N) is 2. The molecule has 0 aliphatic rings. The number of anilines is 2. The summed E-state index contributed by atoms with van der Waals surface area (Å²) < 4.78 is 5.09. The van der Waals surface area contributed by atoms with E-state index >= 15 is 0 Å². The molecule has 162 valence electrons. The maximum Gasteiger partial charge on any atom is 0.291 e. The Balaban J connectivity index is 1.34. The molecule has 1 atom stereocenters. The summed E-state index contributed by atoms with van der Waals surface area (Å²) in [6, 6.07) is 20.5. The molecule has 0 fully saturated rings. The van der Waals surface area contributed by atoms with E-state index in [9.17, 15) is 9.59 Å². The number of hydrogen-bond donors (Lipinski definition) is 2. The van der Waals surface area contributed by atoms with Gasteiger partial charge >= 0.3 is 0 Å². The molecule has 4 aromatic rings. The Morgan fingerprint density at radius 2 is 1.75 bits per heavy atom. The minimum absolute atomic E-state index is 0.112. The number of aryl methyl sites for hydroxylation is 1. The number of carbonyl (C=O) groups excluding carboxylic acids is 2. The Bertz CT molecular complexity index is 1200. The molecule has 32 heavy (non-hydrogen) atoms. The van der Waals surface area contributed by atoms with Gasteiger partial charge in [-0.25, -0.2) is 4.98 Å². The summed E-state index contributed by atoms with van der Waals surface area (Å²) >= 11 is 2.90. The number of furan rings is 1. The molecule has 0 saturated heterocycles. The van der Waals surface area contributed by atoms with Gasteiger partial charge in [-0.05, 0) is 50.2 Å². The quantitative estimate of drug-likeness (QED) is 0.324. The zero-order chi connectivity index (χ0) is 22.5. The van der Waals surface area contributed by atoms with E-state index in [-0.39, 0.29) is 22.8 Å². The summed E-state index contributed by atoms with van der Waals surface area (Å²) in [5, 5.41) is 5.98. The zero-order valence-electron chi connectivity index (χ0n) is 17.5. The van der Waals surface area contributed by atoms with Crippen molar-refractivity contribution in [1.29, 1.82) is 0 Å². The minimum atomic E-state index is -0.317. The molecule has 2 heterocycles. The van der Waals surface area contributed by atoms with Gasteiger partial charge in [-0.15, -0.1) is 23.1 Å². The number of rotatable bonds is 7. The van der Waals surface area contributed by atoms with Crippen LogP contribution in [0.4, 0.5) is 10.8 Å². The highest BCUT2D eigenvalue weighted by Gasteiger charge is 2.18. The van der Waals surface area contributed by atoms with Crippen molar-refractivity contribution >= 4 is 45.7 Å². The minimum Gasteiger partial charge on any atom is -0.459 e. The fraction of sp³-hybridized carbons (Fsp3) is 0.125. The van der Waals surface area contributed by atoms with E-state index < -0.39 is 0 Å². The van der Waals surface area contributed by atoms with Gasteiger partial charge in [0, 0.05) is 21.0 Å². The van der Waals surface area contributed by atoms with Crippen molar-refractivity contribution in [3.05, 3.63) is 83.6 Å². The molecule has 0 saturated carbocycles. The van der Waals surface area contributed by atoms with Gasteiger partial charge in [-0.3, -0.25) is 9.59 Å². The Hall–Kier alpha value is -3.36. The lowest BCUT2D eigenvalue weighted by Gasteiger charge is -2.11. The van der Waals surface area contributed by atoms with E-state index in [1.807, 2.05) is 56.3 Å². The molecule has 2 N–H and O–H groups in total. The van der Waals surface area contributed by atoms with Crippen LogP contribution >= 0.6 is 23.1 Å². The smallest absolute Gasteiger partial charge is 0.291 e. The van der Waals surface area contributed by atoms with Crippen molar-refractivity contribution in [2.75, 3.05) is 10.6 Å². The maximum atomic E-state index is 12.7. The molecule has 0 radical (unpaired) electrons. The normalized spacial score (nSPS) is 11.7. The van der Waals surface area contributed by atoms with Gasteiger partial charge in [0.1, 0.15) is 0 Å². The van der Waals surface area contributed by atoms with Crippen molar-refractivity contribution in [1.82, 2.24) is 4.98 Å². The van der Waals surface area contributed by atoms with E-state index in [2.05, 4.69) is 15.6 Å². The number of carbonyl (C=O) groups is 2. The number of amides is 2. The van der Waals surface area contributed by atoms with Crippen molar-refractivity contribution in [3.8, 4) is 11.3 Å². The second-order valence-corrected chi connectivity index (χ2v) is 9.61. The predicted molar refractivity (Wildman–Crippen MR) is 129 cm³/mol. The third kappa shape index (κ3) is 5.27. The van der Waals surface area contributed by atoms with Crippen molar-refractivity contribution in [2.45, 2.75) is 24.0 Å². The number of benzene rings is 2. The van der Waals surface area contributed by atoms with Crippen LogP contribution in [0, 0.1) is 6.92 Å². The third-order valence-electron chi connectivity index (χ3n) is 4.61. The van der Waals surface area contributed by atoms with E-state index in [0.717, 1.165) is 21.0 Å². The topological polar surface area (TPSA) is 84.2 Å². The molecule has 0 aliphatic heterocycles. The Morgan fingerprint density at radius 3 is 2.44 bits per heavy atom. The van der Waals surface area contributed by atoms with Crippen LogP contribution in [-0.2, 0) is 4.79 Å². The highest BCUT2D eigenvalue weighted by Crippen LogP contribution is 2.31. The number of thioether (sulfide) groups is 1. The SMILES string of the molecule is Cc1sc(NC(=O)C(C)Sc2ccc(NC(=O)c3ccco3)cc2)nc1-c1ccccc1. The molecule has 2 aromatic heterocycles. The molecule has 0 bridgehead atoms. The van der Waals surface area contributed by atoms with Crippen LogP contribution in [0.15, 0.2) is 82.3 Å². The molecule has 4 rings (SSSR count). The lowest BCUT2D eigenvalue weighted by atomic mass is 10.1. The van der Waals surface area contributed by atoms with Crippen LogP contribution < -0.4 is 10.6 Å². The van der Waals surface area contributed by atoms with Crippen LogP contribution in [0.5, 0.6) is 0 Å². The Labute approximate surface area is 194 Å². The van der Waals surface area contributed by atoms with E-state index in [1.54, 1.807) is 24.3 Å². The van der Waals surface area contributed by atoms with E-state index in [0.29, 0.717) is 10.8 Å². The molecule has 2 amide bonds. The monoisotopic (exact) mass is 463 g/mol. The first-order valence-electron chi connectivity index (χ1n) is 9.95. The average molecular weight is 464 g/mol. The molecule has 2 aromatic carbocycles. The summed E-state index contributed by atoms with van der Waals surface area (Å²) in [7, 11) is 0. The van der Waals surface area contributed by atoms with Gasteiger partial charge in [0.15, 0.2) is 10.9 Å². The summed E-state index contributed by atoms with van der Waals surface area (Å²) in [5.74, 6) is -0.170. The van der Waals surface area contributed by atoms with Gasteiger partial charge in [0.05, 0.1) is 17.2 Å². The molecule has 6 nitrogen and oxygen atoms in total. The Morgan fingerprint density at radius 1 is 1.00 bits per heavy atom. The Kier molecular flexibility index (Phi) is 6.72. The first-order valence-corrected chi connectivity index (χ1v) is 11.6. The lowest BCUT2D eigenvalue weighted by Crippen LogP contribution is -2.22. The van der Waals surface area contributed by atoms with E-state index in [4.69, 9.17) is 4.42 Å². The molecular weight excluding hydrogens is 442 g/mol. The second kappa shape index (κ2) is 9.84. The van der Waals surface area contributed by atoms with Crippen LogP contribution in [0.25, 0.3) is 11.3 Å². The highest BCUT2D eigenvalue weighted by atomic mass is 32.2. The number of nitrogens with zero attached hydrogens (tertiary/aromatic N) is 1. The van der Waals surface area contributed by atoms with Crippen LogP contribution in [-0.4, -0.2) is 22.0 Å². The summed E-state index contributed by atoms with van der Waals surface area (Å²) in [5.41, 5.74) is 2.57. The van der Waals surface area contributed by atoms with Crippen molar-refractivity contribution < 1.29 is 14.0 Å². The zero-order valence-corrected chi connectivity index (χ0v) is 19.1. The third-order valence-corrected chi connectivity index (χ3v) is 6.61. The van der Waals surface area contributed by atoms with Crippen molar-refractivity contribution in [2.24, 2.45) is 0 Å². The lowest BCUT2D eigenvalue weighted by molar-refractivity contribution is -0.115. The van der Waals surface area contributed by atoms with E-state index in [1.165, 1.54) is 29.4 Å². The fourth-order valence-corrected chi connectivity index (χ4v) is 4.70. The molecule has 8 heteroatoms. The first kappa shape index (κ1) is 21.9. The second-order valence-electron chi connectivity index (χ2n) is 6.99. The standard InChI is InChI=1S/C24H21N3O3S2/c1-15-21(17-7-4-3-5-8-17)26-24(32-15)27-22(28)16(2)31-19-12-10-18(11-13-19)25-23(29)20-9-6-14-30-20/h3-14,16H,1-2H3,(H,25,29)(H,26,27,28). The summed E-state index contributed by atoms with van der Waals surface area (Å²) in [6.07, 6.45) is 1.45. The fourth-order valence-electron chi connectivity index (χ4n) is 3.00. The summed E-state index contributed by atoms with van der Waals surface area (Å²) in [6.45, 7) is 3.85. The number of aromatic nitrogens is 1. The van der Waals surface area contributed by atoms with Crippen molar-refractivity contribution in [3.63, 3.8) is 0 Å². The average Bonchev–Trinajstić information content (AvgIpc) is 3.46. The predicted octanol–water partition coefficient (Wildman–Crippen LogP) is 6.08. The van der Waals surface area contributed by atoms with Gasteiger partial charge in [-0.2, -0.15) is 0 Å². The van der Waals surface area contributed by atoms with Gasteiger partial charge in [0.2, 0.25) is 5.91 Å².